The normalized spacial score (nSPS) is 19.1. The lowest BCUT2D eigenvalue weighted by atomic mass is 9.93. The largest absolute Gasteiger partial charge is 0.294 e. The Morgan fingerprint density at radius 3 is 2.61 bits per heavy atom. The van der Waals surface area contributed by atoms with Crippen molar-refractivity contribution in [3.8, 4) is 0 Å². The maximum atomic E-state index is 12.4. The Labute approximate surface area is 118 Å². The molecule has 1 aliphatic rings. The number of halogens is 1. The number of carbonyl (C=O) groups is 1. The van der Waals surface area contributed by atoms with E-state index in [1.807, 2.05) is 13.0 Å². The smallest absolute Gasteiger partial charge is 0.189 e. The third-order valence-electron chi connectivity index (χ3n) is 3.96. The zero-order valence-electron chi connectivity index (χ0n) is 11.0. The SMILES string of the molecule is CC(C(=O)c1ccc(Cl)s1)N(C)C1CCCCC1. The molecular formula is C14H20ClNOS. The summed E-state index contributed by atoms with van der Waals surface area (Å²) in [6.07, 6.45) is 6.37. The molecule has 1 unspecified atom stereocenters. The molecule has 0 spiro atoms. The Morgan fingerprint density at radius 1 is 1.39 bits per heavy atom. The number of hydrogen-bond acceptors (Lipinski definition) is 3. The Balaban J connectivity index is 2.01. The number of carbonyl (C=O) groups excluding carboxylic acids is 1. The number of Topliss-reactive ketones (excluding diaryl/α,β-unsaturated/α-hetero) is 1. The molecule has 1 saturated carbocycles. The van der Waals surface area contributed by atoms with Gasteiger partial charge < -0.3 is 0 Å². The van der Waals surface area contributed by atoms with Crippen LogP contribution in [-0.2, 0) is 0 Å². The molecule has 1 fully saturated rings. The van der Waals surface area contributed by atoms with Crippen molar-refractivity contribution in [2.45, 2.75) is 51.1 Å². The molecule has 0 bridgehead atoms. The fraction of sp³-hybridized carbons (Fsp3) is 0.643. The molecule has 18 heavy (non-hydrogen) atoms. The van der Waals surface area contributed by atoms with E-state index in [1.54, 1.807) is 6.07 Å². The second-order valence-corrected chi connectivity index (χ2v) is 6.82. The quantitative estimate of drug-likeness (QED) is 0.771. The van der Waals surface area contributed by atoms with Crippen LogP contribution in [0.4, 0.5) is 0 Å². The number of ketones is 1. The topological polar surface area (TPSA) is 20.3 Å². The number of hydrogen-bond donors (Lipinski definition) is 0. The molecular weight excluding hydrogens is 266 g/mol. The maximum absolute atomic E-state index is 12.4. The van der Waals surface area contributed by atoms with Gasteiger partial charge in [-0.3, -0.25) is 9.69 Å². The third kappa shape index (κ3) is 3.14. The van der Waals surface area contributed by atoms with E-state index in [1.165, 1.54) is 43.4 Å². The number of nitrogens with zero attached hydrogens (tertiary/aromatic N) is 1. The van der Waals surface area contributed by atoms with Crippen molar-refractivity contribution in [2.24, 2.45) is 0 Å². The lowest BCUT2D eigenvalue weighted by Crippen LogP contribution is -2.43. The van der Waals surface area contributed by atoms with Gasteiger partial charge in [-0.25, -0.2) is 0 Å². The van der Waals surface area contributed by atoms with Gasteiger partial charge in [0.15, 0.2) is 5.78 Å². The van der Waals surface area contributed by atoms with Crippen molar-refractivity contribution in [3.05, 3.63) is 21.3 Å². The minimum Gasteiger partial charge on any atom is -0.294 e. The summed E-state index contributed by atoms with van der Waals surface area (Å²) in [4.78, 5) is 15.4. The van der Waals surface area contributed by atoms with E-state index >= 15 is 0 Å². The molecule has 1 aliphatic carbocycles. The van der Waals surface area contributed by atoms with E-state index < -0.39 is 0 Å². The van der Waals surface area contributed by atoms with Gasteiger partial charge in [0.2, 0.25) is 0 Å². The van der Waals surface area contributed by atoms with Gasteiger partial charge in [-0.2, -0.15) is 0 Å². The van der Waals surface area contributed by atoms with Crippen LogP contribution in [0.25, 0.3) is 0 Å². The lowest BCUT2D eigenvalue weighted by molar-refractivity contribution is 0.0782. The van der Waals surface area contributed by atoms with Gasteiger partial charge in [0.05, 0.1) is 15.3 Å². The summed E-state index contributed by atoms with van der Waals surface area (Å²) in [6, 6.07) is 4.14. The fourth-order valence-corrected chi connectivity index (χ4v) is 3.71. The molecule has 1 aromatic heterocycles. The molecule has 1 aromatic rings. The summed E-state index contributed by atoms with van der Waals surface area (Å²) >= 11 is 7.27. The monoisotopic (exact) mass is 285 g/mol. The van der Waals surface area contributed by atoms with Crippen molar-refractivity contribution in [2.75, 3.05) is 7.05 Å². The summed E-state index contributed by atoms with van der Waals surface area (Å²) in [5, 5.41) is 0. The first-order chi connectivity index (χ1) is 8.59. The lowest BCUT2D eigenvalue weighted by Gasteiger charge is -2.34. The van der Waals surface area contributed by atoms with E-state index in [-0.39, 0.29) is 11.8 Å². The Kier molecular flexibility index (Phi) is 4.82. The van der Waals surface area contributed by atoms with Crippen LogP contribution in [0.3, 0.4) is 0 Å². The summed E-state index contributed by atoms with van der Waals surface area (Å²) < 4.78 is 0.686. The molecule has 100 valence electrons. The predicted molar refractivity (Wildman–Crippen MR) is 77.8 cm³/mol. The number of likely N-dealkylation sites (N-methyl/N-ethyl adjacent to an activating group) is 1. The maximum Gasteiger partial charge on any atom is 0.189 e. The Morgan fingerprint density at radius 2 is 2.06 bits per heavy atom. The molecule has 1 heterocycles. The summed E-state index contributed by atoms with van der Waals surface area (Å²) in [7, 11) is 2.08. The van der Waals surface area contributed by atoms with E-state index in [0.717, 1.165) is 4.88 Å². The van der Waals surface area contributed by atoms with Gasteiger partial charge in [-0.15, -0.1) is 11.3 Å². The van der Waals surface area contributed by atoms with E-state index in [2.05, 4.69) is 11.9 Å². The highest BCUT2D eigenvalue weighted by atomic mass is 35.5. The summed E-state index contributed by atoms with van der Waals surface area (Å²) in [5.41, 5.74) is 0. The molecule has 0 radical (unpaired) electrons. The molecule has 0 amide bonds. The highest BCUT2D eigenvalue weighted by Gasteiger charge is 2.27. The number of rotatable bonds is 4. The zero-order chi connectivity index (χ0) is 13.1. The average molecular weight is 286 g/mol. The highest BCUT2D eigenvalue weighted by Crippen LogP contribution is 2.26. The summed E-state index contributed by atoms with van der Waals surface area (Å²) in [5.74, 6) is 0.194. The number of thiophene rings is 1. The first-order valence-electron chi connectivity index (χ1n) is 6.61. The highest BCUT2D eigenvalue weighted by molar-refractivity contribution is 7.18. The molecule has 0 aromatic carbocycles. The Hall–Kier alpha value is -0.380. The van der Waals surface area contributed by atoms with Crippen molar-refractivity contribution in [1.82, 2.24) is 4.90 Å². The van der Waals surface area contributed by atoms with Crippen molar-refractivity contribution in [3.63, 3.8) is 0 Å². The van der Waals surface area contributed by atoms with Crippen LogP contribution < -0.4 is 0 Å². The van der Waals surface area contributed by atoms with E-state index in [4.69, 9.17) is 11.6 Å². The first kappa shape index (κ1) is 14.0. The molecule has 2 nitrogen and oxygen atoms in total. The van der Waals surface area contributed by atoms with Gasteiger partial charge in [0, 0.05) is 6.04 Å². The minimum atomic E-state index is -0.0529. The predicted octanol–water partition coefficient (Wildman–Crippen LogP) is 4.24. The van der Waals surface area contributed by atoms with Crippen LogP contribution in [0.2, 0.25) is 4.34 Å². The molecule has 0 saturated heterocycles. The van der Waals surface area contributed by atoms with Gasteiger partial charge >= 0.3 is 0 Å². The molecule has 4 heteroatoms. The fourth-order valence-electron chi connectivity index (χ4n) is 2.64. The molecule has 0 aliphatic heterocycles. The van der Waals surface area contributed by atoms with Gasteiger partial charge in [0.25, 0.3) is 0 Å². The minimum absolute atomic E-state index is 0.0529. The standard InChI is InChI=1S/C14H20ClNOS/c1-10(14(17)12-8-9-13(15)18-12)16(2)11-6-4-3-5-7-11/h8-11H,3-7H2,1-2H3. The van der Waals surface area contributed by atoms with Crippen molar-refractivity contribution >= 4 is 28.7 Å². The second-order valence-electron chi connectivity index (χ2n) is 5.10. The van der Waals surface area contributed by atoms with Gasteiger partial charge in [0.1, 0.15) is 0 Å². The van der Waals surface area contributed by atoms with E-state index in [0.29, 0.717) is 10.4 Å². The Bertz CT molecular complexity index is 412. The first-order valence-corrected chi connectivity index (χ1v) is 7.80. The van der Waals surface area contributed by atoms with Crippen molar-refractivity contribution < 1.29 is 4.79 Å². The zero-order valence-corrected chi connectivity index (χ0v) is 12.6. The van der Waals surface area contributed by atoms with E-state index in [9.17, 15) is 4.79 Å². The third-order valence-corrected chi connectivity index (χ3v) is 5.20. The van der Waals surface area contributed by atoms with Crippen molar-refractivity contribution in [1.29, 1.82) is 0 Å². The van der Waals surface area contributed by atoms with Crippen LogP contribution in [0.1, 0.15) is 48.7 Å². The summed E-state index contributed by atoms with van der Waals surface area (Å²) in [6.45, 7) is 2.00. The van der Waals surface area contributed by atoms with Crippen LogP contribution in [-0.4, -0.2) is 29.8 Å². The average Bonchev–Trinajstić information content (AvgIpc) is 2.84. The van der Waals surface area contributed by atoms with Gasteiger partial charge in [-0.05, 0) is 38.9 Å². The second kappa shape index (κ2) is 6.18. The van der Waals surface area contributed by atoms with Crippen LogP contribution in [0.15, 0.2) is 12.1 Å². The molecule has 2 rings (SSSR count). The van der Waals surface area contributed by atoms with Crippen LogP contribution in [0, 0.1) is 0 Å². The van der Waals surface area contributed by atoms with Gasteiger partial charge in [-0.1, -0.05) is 30.9 Å². The molecule has 1 atom stereocenters. The van der Waals surface area contributed by atoms with Crippen LogP contribution in [0.5, 0.6) is 0 Å². The molecule has 0 N–H and O–H groups in total. The van der Waals surface area contributed by atoms with Crippen LogP contribution >= 0.6 is 22.9 Å².